The average molecular weight is 828 g/mol. The van der Waals surface area contributed by atoms with Crippen molar-refractivity contribution in [2.75, 3.05) is 4.90 Å². The van der Waals surface area contributed by atoms with Crippen molar-refractivity contribution in [3.8, 4) is 33.4 Å². The number of furan rings is 1. The van der Waals surface area contributed by atoms with Gasteiger partial charge in [0.15, 0.2) is 0 Å². The zero-order chi connectivity index (χ0) is 42.9. The van der Waals surface area contributed by atoms with Crippen LogP contribution >= 0.6 is 0 Å². The number of hydrogen-bond donors (Lipinski definition) is 0. The summed E-state index contributed by atoms with van der Waals surface area (Å²) in [6, 6.07) is 91.0. The maximum absolute atomic E-state index is 6.66. The smallest absolute Gasteiger partial charge is 0.136 e. The molecule has 2 heteroatoms. The van der Waals surface area contributed by atoms with Gasteiger partial charge in [-0.15, -0.1) is 0 Å². The summed E-state index contributed by atoms with van der Waals surface area (Å²) in [5.41, 5.74) is 16.6. The fourth-order valence-corrected chi connectivity index (χ4v) is 10.8. The van der Waals surface area contributed by atoms with Crippen LogP contribution in [0.15, 0.2) is 253 Å². The molecular formula is C63H41NO. The molecular weight excluding hydrogens is 787 g/mol. The molecule has 11 aromatic carbocycles. The second-order valence-electron chi connectivity index (χ2n) is 17.2. The van der Waals surface area contributed by atoms with Crippen molar-refractivity contribution < 1.29 is 4.42 Å². The van der Waals surface area contributed by atoms with Gasteiger partial charge in [-0.05, 0) is 126 Å². The third-order valence-electron chi connectivity index (χ3n) is 13.7. The Morgan fingerprint density at radius 2 is 0.908 bits per heavy atom. The Bertz CT molecular complexity index is 3750. The van der Waals surface area contributed by atoms with Crippen molar-refractivity contribution in [3.05, 3.63) is 271 Å². The third-order valence-corrected chi connectivity index (χ3v) is 13.7. The first-order chi connectivity index (χ1) is 32.2. The van der Waals surface area contributed by atoms with Crippen LogP contribution in [0.25, 0.3) is 76.9 Å². The van der Waals surface area contributed by atoms with Gasteiger partial charge >= 0.3 is 0 Å². The van der Waals surface area contributed by atoms with Gasteiger partial charge in [-0.1, -0.05) is 194 Å². The van der Waals surface area contributed by atoms with E-state index in [0.29, 0.717) is 0 Å². The van der Waals surface area contributed by atoms with Gasteiger partial charge in [0.25, 0.3) is 0 Å². The molecule has 65 heavy (non-hydrogen) atoms. The molecule has 1 aliphatic carbocycles. The zero-order valence-electron chi connectivity index (χ0n) is 35.5. The summed E-state index contributed by atoms with van der Waals surface area (Å²) in [6.07, 6.45) is 0. The molecule has 13 rings (SSSR count). The van der Waals surface area contributed by atoms with Gasteiger partial charge in [0.2, 0.25) is 0 Å². The molecule has 0 fully saturated rings. The van der Waals surface area contributed by atoms with Gasteiger partial charge < -0.3 is 9.32 Å². The van der Waals surface area contributed by atoms with Gasteiger partial charge in [0.05, 0.1) is 11.1 Å². The first-order valence-electron chi connectivity index (χ1n) is 22.4. The van der Waals surface area contributed by atoms with Crippen molar-refractivity contribution in [2.45, 2.75) is 5.41 Å². The Labute approximate surface area is 377 Å². The van der Waals surface area contributed by atoms with Crippen LogP contribution in [0.5, 0.6) is 0 Å². The van der Waals surface area contributed by atoms with Crippen LogP contribution in [0, 0.1) is 0 Å². The van der Waals surface area contributed by atoms with Crippen LogP contribution < -0.4 is 4.90 Å². The molecule has 0 bridgehead atoms. The molecule has 0 atom stereocenters. The predicted molar refractivity (Wildman–Crippen MR) is 272 cm³/mol. The summed E-state index contributed by atoms with van der Waals surface area (Å²) in [7, 11) is 0. The minimum Gasteiger partial charge on any atom is -0.456 e. The van der Waals surface area contributed by atoms with Crippen molar-refractivity contribution >= 4 is 60.5 Å². The molecule has 0 aliphatic heterocycles. The summed E-state index contributed by atoms with van der Waals surface area (Å²) in [4.78, 5) is 2.47. The fourth-order valence-electron chi connectivity index (χ4n) is 10.8. The molecule has 0 N–H and O–H groups in total. The van der Waals surface area contributed by atoms with Crippen molar-refractivity contribution in [2.24, 2.45) is 0 Å². The first-order valence-corrected chi connectivity index (χ1v) is 22.4. The Kier molecular flexibility index (Phi) is 8.47. The van der Waals surface area contributed by atoms with Crippen molar-refractivity contribution in [3.63, 3.8) is 0 Å². The van der Waals surface area contributed by atoms with Crippen LogP contribution in [0.4, 0.5) is 17.1 Å². The van der Waals surface area contributed by atoms with Crippen molar-refractivity contribution in [1.29, 1.82) is 0 Å². The lowest BCUT2D eigenvalue weighted by molar-refractivity contribution is 0.669. The fraction of sp³-hybridized carbons (Fsp3) is 0.0159. The Balaban J connectivity index is 1.08. The monoisotopic (exact) mass is 827 g/mol. The van der Waals surface area contributed by atoms with Crippen LogP contribution in [-0.2, 0) is 5.41 Å². The van der Waals surface area contributed by atoms with Crippen LogP contribution in [-0.4, -0.2) is 0 Å². The van der Waals surface area contributed by atoms with E-state index in [2.05, 4.69) is 254 Å². The molecule has 0 saturated heterocycles. The number of rotatable bonds is 7. The van der Waals surface area contributed by atoms with E-state index < -0.39 is 5.41 Å². The normalized spacial score (nSPS) is 12.7. The summed E-state index contributed by atoms with van der Waals surface area (Å²) in [6.45, 7) is 0. The highest BCUT2D eigenvalue weighted by Gasteiger charge is 2.46. The van der Waals surface area contributed by atoms with E-state index in [9.17, 15) is 0 Å². The van der Waals surface area contributed by atoms with E-state index in [1.54, 1.807) is 0 Å². The molecule has 0 amide bonds. The number of benzene rings is 11. The quantitative estimate of drug-likeness (QED) is 0.159. The number of para-hydroxylation sites is 1. The molecule has 0 saturated carbocycles. The number of hydrogen-bond acceptors (Lipinski definition) is 2. The highest BCUT2D eigenvalue weighted by Crippen LogP contribution is 2.57. The number of fused-ring (bicyclic) bond motifs is 8. The lowest BCUT2D eigenvalue weighted by Crippen LogP contribution is -2.28. The van der Waals surface area contributed by atoms with Gasteiger partial charge in [0.1, 0.15) is 11.2 Å². The highest BCUT2D eigenvalue weighted by atomic mass is 16.3. The largest absolute Gasteiger partial charge is 0.456 e. The van der Waals surface area contributed by atoms with Gasteiger partial charge in [0, 0.05) is 27.7 Å². The van der Waals surface area contributed by atoms with E-state index in [4.69, 9.17) is 4.42 Å². The van der Waals surface area contributed by atoms with Gasteiger partial charge in [-0.2, -0.15) is 0 Å². The second kappa shape index (κ2) is 14.8. The SMILES string of the molecule is c1ccc(C2(c3ccccc3)c3ccccc3-c3ccc(N(c4cccc(-c5ccc6ccccc6c5)c4)c4ccccc4-c4cccc5oc6cc7ccccc7cc6c45)cc32)cc1. The van der Waals surface area contributed by atoms with E-state index in [-0.39, 0.29) is 0 Å². The van der Waals surface area contributed by atoms with Crippen LogP contribution in [0.2, 0.25) is 0 Å². The molecule has 1 aliphatic rings. The molecule has 0 unspecified atom stereocenters. The molecule has 12 aromatic rings. The standard InChI is InChI=1S/C63H41NO/c1-3-22-48(23-4-1)63(49-24-5-2-6-25-49)57-30-13-11-27-52(57)53-36-35-51(41-58(53)63)64(50-26-15-21-44(38-50)47-34-33-42-17-7-8-18-43(42)37-47)59-31-14-12-28-54(59)55-29-16-32-60-62(55)56-39-45-19-9-10-20-46(45)40-61(56)65-60/h1-41H. The third kappa shape index (κ3) is 5.81. The summed E-state index contributed by atoms with van der Waals surface area (Å²) < 4.78 is 6.66. The second-order valence-corrected chi connectivity index (χ2v) is 17.2. The summed E-state index contributed by atoms with van der Waals surface area (Å²) in [5.74, 6) is 0. The molecule has 1 aromatic heterocycles. The first kappa shape index (κ1) is 37.1. The summed E-state index contributed by atoms with van der Waals surface area (Å²) >= 11 is 0. The maximum atomic E-state index is 6.66. The van der Waals surface area contributed by atoms with Crippen LogP contribution in [0.3, 0.4) is 0 Å². The molecule has 304 valence electrons. The average Bonchev–Trinajstić information content (AvgIpc) is 3.89. The van der Waals surface area contributed by atoms with Crippen molar-refractivity contribution in [1.82, 2.24) is 0 Å². The predicted octanol–water partition coefficient (Wildman–Crippen LogP) is 17.1. The zero-order valence-corrected chi connectivity index (χ0v) is 35.5. The number of nitrogens with zero attached hydrogens (tertiary/aromatic N) is 1. The Hall–Kier alpha value is -8.46. The highest BCUT2D eigenvalue weighted by molar-refractivity contribution is 6.16. The van der Waals surface area contributed by atoms with E-state index in [1.165, 1.54) is 60.5 Å². The Morgan fingerprint density at radius 3 is 1.69 bits per heavy atom. The lowest BCUT2D eigenvalue weighted by atomic mass is 9.67. The minimum absolute atomic E-state index is 0.549. The molecule has 1 heterocycles. The van der Waals surface area contributed by atoms with Gasteiger partial charge in [-0.25, -0.2) is 0 Å². The molecule has 0 radical (unpaired) electrons. The Morgan fingerprint density at radius 1 is 0.323 bits per heavy atom. The van der Waals surface area contributed by atoms with E-state index in [0.717, 1.165) is 55.7 Å². The molecule has 2 nitrogen and oxygen atoms in total. The van der Waals surface area contributed by atoms with E-state index >= 15 is 0 Å². The van der Waals surface area contributed by atoms with Gasteiger partial charge in [-0.3, -0.25) is 0 Å². The lowest BCUT2D eigenvalue weighted by Gasteiger charge is -2.35. The number of anilines is 3. The maximum Gasteiger partial charge on any atom is 0.136 e. The summed E-state index contributed by atoms with van der Waals surface area (Å²) in [5, 5.41) is 7.04. The topological polar surface area (TPSA) is 16.4 Å². The molecule has 0 spiro atoms. The minimum atomic E-state index is -0.549. The van der Waals surface area contributed by atoms with E-state index in [1.807, 2.05) is 0 Å². The van der Waals surface area contributed by atoms with Crippen LogP contribution in [0.1, 0.15) is 22.3 Å².